The Hall–Kier alpha value is -0.860. The molecule has 0 atom stereocenters. The first-order valence-electron chi connectivity index (χ1n) is 6.94. The third kappa shape index (κ3) is 3.33. The van der Waals surface area contributed by atoms with Crippen molar-refractivity contribution in [2.24, 2.45) is 5.41 Å². The second kappa shape index (κ2) is 5.85. The van der Waals surface area contributed by atoms with Crippen LogP contribution in [0.4, 0.5) is 0 Å². The summed E-state index contributed by atoms with van der Waals surface area (Å²) in [5.74, 6) is 0. The maximum Gasteiger partial charge on any atom is 0.0471 e. The quantitative estimate of drug-likeness (QED) is 0.882. The maximum atomic E-state index is 5.44. The number of benzene rings is 1. The molecular weight excluding hydrogens is 222 g/mol. The summed E-state index contributed by atoms with van der Waals surface area (Å²) in [6.07, 6.45) is 2.35. The van der Waals surface area contributed by atoms with Gasteiger partial charge < -0.3 is 10.1 Å². The average Bonchev–Trinajstić information content (AvgIpc) is 2.34. The zero-order valence-electron chi connectivity index (χ0n) is 11.9. The Morgan fingerprint density at radius 3 is 2.39 bits per heavy atom. The van der Waals surface area contributed by atoms with Crippen LogP contribution in [-0.4, -0.2) is 19.8 Å². The van der Waals surface area contributed by atoms with Crippen LogP contribution in [0.25, 0.3) is 0 Å². The molecule has 0 unspecified atom stereocenters. The molecule has 1 heterocycles. The molecule has 0 aromatic heterocycles. The summed E-state index contributed by atoms with van der Waals surface area (Å²) in [7, 11) is 0. The lowest BCUT2D eigenvalue weighted by molar-refractivity contribution is 0.0240. The van der Waals surface area contributed by atoms with Crippen LogP contribution in [-0.2, 0) is 11.3 Å². The number of hydrogen-bond acceptors (Lipinski definition) is 2. The van der Waals surface area contributed by atoms with Gasteiger partial charge >= 0.3 is 0 Å². The van der Waals surface area contributed by atoms with Crippen LogP contribution in [0.15, 0.2) is 18.2 Å². The van der Waals surface area contributed by atoms with Gasteiger partial charge in [0.1, 0.15) is 0 Å². The highest BCUT2D eigenvalue weighted by molar-refractivity contribution is 5.33. The van der Waals surface area contributed by atoms with E-state index in [1.165, 1.54) is 29.5 Å². The average molecular weight is 247 g/mol. The molecule has 0 amide bonds. The molecule has 1 aromatic carbocycles. The molecule has 1 fully saturated rings. The number of hydrogen-bond donors (Lipinski definition) is 1. The van der Waals surface area contributed by atoms with E-state index in [9.17, 15) is 0 Å². The number of ether oxygens (including phenoxy) is 1. The van der Waals surface area contributed by atoms with E-state index in [4.69, 9.17) is 4.74 Å². The predicted molar refractivity (Wildman–Crippen MR) is 75.8 cm³/mol. The molecule has 0 bridgehead atoms. The lowest BCUT2D eigenvalue weighted by Gasteiger charge is -2.33. The molecule has 0 aliphatic carbocycles. The third-order valence-electron chi connectivity index (χ3n) is 4.20. The molecule has 2 heteroatoms. The largest absolute Gasteiger partial charge is 0.381 e. The summed E-state index contributed by atoms with van der Waals surface area (Å²) in [4.78, 5) is 0. The number of aryl methyl sites for hydroxylation is 2. The van der Waals surface area contributed by atoms with Gasteiger partial charge in [0.2, 0.25) is 0 Å². The van der Waals surface area contributed by atoms with Gasteiger partial charge in [-0.2, -0.15) is 0 Å². The Morgan fingerprint density at radius 1 is 1.17 bits per heavy atom. The first-order chi connectivity index (χ1) is 8.61. The van der Waals surface area contributed by atoms with Gasteiger partial charge in [-0.3, -0.25) is 0 Å². The second-order valence-corrected chi connectivity index (χ2v) is 5.90. The van der Waals surface area contributed by atoms with Crippen LogP contribution < -0.4 is 5.32 Å². The Labute approximate surface area is 111 Å². The van der Waals surface area contributed by atoms with Crippen LogP contribution in [0.3, 0.4) is 0 Å². The SMILES string of the molecule is Cc1cccc(C)c1CNCC1(C)CCOCC1. The molecule has 1 aliphatic rings. The molecule has 2 rings (SSSR count). The molecule has 1 N–H and O–H groups in total. The van der Waals surface area contributed by atoms with Crippen molar-refractivity contribution in [1.82, 2.24) is 5.32 Å². The van der Waals surface area contributed by atoms with E-state index in [-0.39, 0.29) is 0 Å². The van der Waals surface area contributed by atoms with E-state index in [2.05, 4.69) is 44.3 Å². The summed E-state index contributed by atoms with van der Waals surface area (Å²) >= 11 is 0. The van der Waals surface area contributed by atoms with Crippen LogP contribution >= 0.6 is 0 Å². The van der Waals surface area contributed by atoms with Crippen LogP contribution in [0.1, 0.15) is 36.5 Å². The van der Waals surface area contributed by atoms with Crippen molar-refractivity contribution in [3.8, 4) is 0 Å². The molecule has 1 saturated heterocycles. The molecule has 0 radical (unpaired) electrons. The first-order valence-corrected chi connectivity index (χ1v) is 6.94. The number of rotatable bonds is 4. The van der Waals surface area contributed by atoms with E-state index in [1.807, 2.05) is 0 Å². The fourth-order valence-corrected chi connectivity index (χ4v) is 2.66. The van der Waals surface area contributed by atoms with Crippen molar-refractivity contribution in [3.05, 3.63) is 34.9 Å². The summed E-state index contributed by atoms with van der Waals surface area (Å²) in [5, 5.41) is 3.64. The minimum absolute atomic E-state index is 0.412. The standard InChI is InChI=1S/C16H25NO/c1-13-5-4-6-14(2)15(13)11-17-12-16(3)7-9-18-10-8-16/h4-6,17H,7-12H2,1-3H3. The van der Waals surface area contributed by atoms with Crippen molar-refractivity contribution in [2.45, 2.75) is 40.2 Å². The van der Waals surface area contributed by atoms with E-state index >= 15 is 0 Å². The summed E-state index contributed by atoms with van der Waals surface area (Å²) < 4.78 is 5.44. The zero-order valence-corrected chi connectivity index (χ0v) is 11.9. The Morgan fingerprint density at radius 2 is 1.78 bits per heavy atom. The van der Waals surface area contributed by atoms with Gasteiger partial charge in [-0.25, -0.2) is 0 Å². The Balaban J connectivity index is 1.88. The van der Waals surface area contributed by atoms with E-state index in [0.29, 0.717) is 5.41 Å². The monoisotopic (exact) mass is 247 g/mol. The van der Waals surface area contributed by atoms with Crippen LogP contribution in [0, 0.1) is 19.3 Å². The fraction of sp³-hybridized carbons (Fsp3) is 0.625. The Kier molecular flexibility index (Phi) is 4.41. The minimum Gasteiger partial charge on any atom is -0.381 e. The van der Waals surface area contributed by atoms with E-state index in [1.54, 1.807) is 0 Å². The van der Waals surface area contributed by atoms with Gasteiger partial charge in [-0.1, -0.05) is 25.1 Å². The van der Waals surface area contributed by atoms with Crippen molar-refractivity contribution in [1.29, 1.82) is 0 Å². The highest BCUT2D eigenvalue weighted by Gasteiger charge is 2.26. The van der Waals surface area contributed by atoms with Crippen molar-refractivity contribution in [2.75, 3.05) is 19.8 Å². The third-order valence-corrected chi connectivity index (χ3v) is 4.20. The molecule has 1 aliphatic heterocycles. The van der Waals surface area contributed by atoms with Gasteiger partial charge in [-0.15, -0.1) is 0 Å². The Bertz CT molecular complexity index is 374. The number of nitrogens with one attached hydrogen (secondary N) is 1. The summed E-state index contributed by atoms with van der Waals surface area (Å²) in [6.45, 7) is 10.7. The van der Waals surface area contributed by atoms with Crippen molar-refractivity contribution in [3.63, 3.8) is 0 Å². The lowest BCUT2D eigenvalue weighted by atomic mass is 9.82. The maximum absolute atomic E-state index is 5.44. The van der Waals surface area contributed by atoms with E-state index in [0.717, 1.165) is 26.3 Å². The minimum atomic E-state index is 0.412. The first kappa shape index (κ1) is 13.6. The zero-order chi connectivity index (χ0) is 13.0. The molecule has 2 nitrogen and oxygen atoms in total. The predicted octanol–water partition coefficient (Wildman–Crippen LogP) is 3.21. The van der Waals surface area contributed by atoms with Gasteiger partial charge in [0.25, 0.3) is 0 Å². The van der Waals surface area contributed by atoms with E-state index < -0.39 is 0 Å². The van der Waals surface area contributed by atoms with Gasteiger partial charge in [-0.05, 0) is 48.8 Å². The topological polar surface area (TPSA) is 21.3 Å². The molecule has 1 aromatic rings. The van der Waals surface area contributed by atoms with Crippen molar-refractivity contribution < 1.29 is 4.74 Å². The smallest absolute Gasteiger partial charge is 0.0471 e. The van der Waals surface area contributed by atoms with Crippen LogP contribution in [0.5, 0.6) is 0 Å². The second-order valence-electron chi connectivity index (χ2n) is 5.90. The van der Waals surface area contributed by atoms with Crippen molar-refractivity contribution >= 4 is 0 Å². The normalized spacial score (nSPS) is 18.8. The molecule has 18 heavy (non-hydrogen) atoms. The van der Waals surface area contributed by atoms with Gasteiger partial charge in [0, 0.05) is 26.3 Å². The molecule has 0 spiro atoms. The van der Waals surface area contributed by atoms with Crippen LogP contribution in [0.2, 0.25) is 0 Å². The van der Waals surface area contributed by atoms with Gasteiger partial charge in [0.05, 0.1) is 0 Å². The molecular formula is C16H25NO. The molecule has 0 saturated carbocycles. The summed E-state index contributed by atoms with van der Waals surface area (Å²) in [6, 6.07) is 6.52. The van der Waals surface area contributed by atoms with Gasteiger partial charge in [0.15, 0.2) is 0 Å². The highest BCUT2D eigenvalue weighted by atomic mass is 16.5. The summed E-state index contributed by atoms with van der Waals surface area (Å²) in [5.41, 5.74) is 4.64. The lowest BCUT2D eigenvalue weighted by Crippen LogP contribution is -2.36. The molecule has 100 valence electrons. The fourth-order valence-electron chi connectivity index (χ4n) is 2.66. The highest BCUT2D eigenvalue weighted by Crippen LogP contribution is 2.28.